The minimum atomic E-state index is -0.512. The van der Waals surface area contributed by atoms with Gasteiger partial charge in [-0.05, 0) is 41.9 Å². The Morgan fingerprint density at radius 2 is 1.47 bits per heavy atom. The molecule has 2 rings (SSSR count). The largest absolute Gasteiger partial charge is 0.491 e. The van der Waals surface area contributed by atoms with Crippen LogP contribution in [0.5, 0.6) is 5.75 Å². The van der Waals surface area contributed by atoms with Crippen LogP contribution < -0.4 is 4.74 Å². The molecule has 0 amide bonds. The van der Waals surface area contributed by atoms with Crippen LogP contribution in [-0.4, -0.2) is 42.9 Å². The zero-order valence-corrected chi connectivity index (χ0v) is 20.3. The van der Waals surface area contributed by atoms with Gasteiger partial charge in [0.15, 0.2) is 0 Å². The molecule has 0 aliphatic rings. The highest BCUT2D eigenvalue weighted by Gasteiger charge is 2.27. The van der Waals surface area contributed by atoms with E-state index >= 15 is 0 Å². The first-order chi connectivity index (χ1) is 13.8. The van der Waals surface area contributed by atoms with Crippen LogP contribution in [0.1, 0.15) is 57.7 Å². The number of aliphatic hydroxyl groups is 1. The smallest absolute Gasteiger partial charge is 0.137 e. The molecule has 0 aliphatic carbocycles. The van der Waals surface area contributed by atoms with Crippen LogP contribution in [0.3, 0.4) is 0 Å². The van der Waals surface area contributed by atoms with Gasteiger partial charge in [-0.3, -0.25) is 0 Å². The molecule has 1 N–H and O–H groups in total. The minimum Gasteiger partial charge on any atom is -0.491 e. The normalized spacial score (nSPS) is 13.9. The first kappa shape index (κ1) is 24.4. The highest BCUT2D eigenvalue weighted by atomic mass is 16.5. The molecule has 2 aromatic carbocycles. The predicted octanol–water partition coefficient (Wildman–Crippen LogP) is 5.73. The lowest BCUT2D eigenvalue weighted by Gasteiger charge is -2.33. The van der Waals surface area contributed by atoms with Crippen molar-refractivity contribution in [1.82, 2.24) is 0 Å². The van der Waals surface area contributed by atoms with Crippen molar-refractivity contribution in [2.75, 3.05) is 27.2 Å². The number of hydrogen-bond donors (Lipinski definition) is 1. The molecule has 0 saturated carbocycles. The van der Waals surface area contributed by atoms with Crippen LogP contribution in [0.2, 0.25) is 0 Å². The van der Waals surface area contributed by atoms with E-state index < -0.39 is 6.10 Å². The third-order valence-corrected chi connectivity index (χ3v) is 5.49. The number of quaternary nitrogens is 1. The van der Waals surface area contributed by atoms with Gasteiger partial charge < -0.3 is 14.3 Å². The lowest BCUT2D eigenvalue weighted by atomic mass is 9.72. The van der Waals surface area contributed by atoms with E-state index in [1.807, 2.05) is 12.1 Å². The van der Waals surface area contributed by atoms with Crippen molar-refractivity contribution >= 4 is 0 Å². The predicted molar refractivity (Wildman–Crippen MR) is 127 cm³/mol. The summed E-state index contributed by atoms with van der Waals surface area (Å²) < 4.78 is 6.60. The molecule has 2 aromatic rings. The second-order valence-electron chi connectivity index (χ2n) is 11.4. The highest BCUT2D eigenvalue weighted by molar-refractivity contribution is 5.31. The molecule has 0 saturated heterocycles. The van der Waals surface area contributed by atoms with Gasteiger partial charge in [0.05, 0.1) is 14.1 Å². The molecule has 0 fully saturated rings. The molecular formula is C27H42NO2+. The Morgan fingerprint density at radius 1 is 0.900 bits per heavy atom. The van der Waals surface area contributed by atoms with Crippen molar-refractivity contribution in [3.63, 3.8) is 0 Å². The molecule has 3 nitrogen and oxygen atoms in total. The summed E-state index contributed by atoms with van der Waals surface area (Å²) in [6, 6.07) is 17.0. The minimum absolute atomic E-state index is 0.119. The first-order valence-electron chi connectivity index (χ1n) is 11.0. The van der Waals surface area contributed by atoms with Crippen molar-refractivity contribution in [2.45, 2.75) is 66.0 Å². The zero-order chi connectivity index (χ0) is 22.6. The number of rotatable bonds is 9. The van der Waals surface area contributed by atoms with Gasteiger partial charge in [0.25, 0.3) is 0 Å². The lowest BCUT2D eigenvalue weighted by molar-refractivity contribution is -0.906. The van der Waals surface area contributed by atoms with Gasteiger partial charge >= 0.3 is 0 Å². The fraction of sp³-hybridized carbons (Fsp3) is 0.556. The van der Waals surface area contributed by atoms with Crippen LogP contribution in [-0.2, 0) is 12.0 Å². The topological polar surface area (TPSA) is 29.5 Å². The number of nitrogens with zero attached hydrogens (tertiary/aromatic N) is 1. The maximum atomic E-state index is 10.5. The Balaban J connectivity index is 1.88. The van der Waals surface area contributed by atoms with E-state index in [1.165, 1.54) is 16.7 Å². The quantitative estimate of drug-likeness (QED) is 0.533. The van der Waals surface area contributed by atoms with Crippen molar-refractivity contribution in [3.05, 3.63) is 65.2 Å². The van der Waals surface area contributed by atoms with E-state index in [0.717, 1.165) is 18.7 Å². The summed E-state index contributed by atoms with van der Waals surface area (Å²) >= 11 is 0. The molecule has 0 radical (unpaired) electrons. The maximum absolute atomic E-state index is 10.5. The third-order valence-electron chi connectivity index (χ3n) is 5.49. The summed E-state index contributed by atoms with van der Waals surface area (Å²) in [5.41, 5.74) is 4.28. The van der Waals surface area contributed by atoms with Crippen LogP contribution >= 0.6 is 0 Å². The molecule has 166 valence electrons. The van der Waals surface area contributed by atoms with E-state index in [4.69, 9.17) is 4.74 Å². The summed E-state index contributed by atoms with van der Waals surface area (Å²) in [5.74, 6) is 0.813. The standard InChI is InChI=1S/C27H42NO2/c1-21-9-11-22(12-10-21)17-28(7,8)18-24(29)19-30-25-15-13-23(14-16-25)27(5,6)20-26(2,3)4/h9-16,24,29H,17-20H2,1-8H3/q+1. The van der Waals surface area contributed by atoms with Gasteiger partial charge in [-0.1, -0.05) is 76.6 Å². The average Bonchev–Trinajstić information content (AvgIpc) is 2.60. The third kappa shape index (κ3) is 8.12. The number of aliphatic hydroxyl groups excluding tert-OH is 1. The summed E-state index contributed by atoms with van der Waals surface area (Å²) in [7, 11) is 4.30. The molecule has 0 bridgehead atoms. The van der Waals surface area contributed by atoms with Gasteiger partial charge in [-0.2, -0.15) is 0 Å². The molecule has 0 aliphatic heterocycles. The number of hydrogen-bond acceptors (Lipinski definition) is 2. The second-order valence-corrected chi connectivity index (χ2v) is 11.4. The molecule has 0 aromatic heterocycles. The van der Waals surface area contributed by atoms with Gasteiger partial charge in [0, 0.05) is 5.56 Å². The number of aryl methyl sites for hydroxylation is 1. The van der Waals surface area contributed by atoms with E-state index in [-0.39, 0.29) is 10.8 Å². The van der Waals surface area contributed by atoms with Crippen LogP contribution in [0.15, 0.2) is 48.5 Å². The van der Waals surface area contributed by atoms with Gasteiger partial charge in [-0.25, -0.2) is 0 Å². The van der Waals surface area contributed by atoms with Gasteiger partial charge in [0.1, 0.15) is 31.5 Å². The maximum Gasteiger partial charge on any atom is 0.137 e. The summed E-state index contributed by atoms with van der Waals surface area (Å²) in [4.78, 5) is 0. The zero-order valence-electron chi connectivity index (χ0n) is 20.3. The molecular weight excluding hydrogens is 370 g/mol. The van der Waals surface area contributed by atoms with Crippen molar-refractivity contribution < 1.29 is 14.3 Å². The van der Waals surface area contributed by atoms with Crippen molar-refractivity contribution in [1.29, 1.82) is 0 Å². The van der Waals surface area contributed by atoms with E-state index in [2.05, 4.69) is 92.0 Å². The van der Waals surface area contributed by atoms with E-state index in [9.17, 15) is 5.11 Å². The van der Waals surface area contributed by atoms with Crippen molar-refractivity contribution in [3.8, 4) is 5.75 Å². The highest BCUT2D eigenvalue weighted by Crippen LogP contribution is 2.36. The van der Waals surface area contributed by atoms with Crippen LogP contribution in [0.4, 0.5) is 0 Å². The van der Waals surface area contributed by atoms with Crippen LogP contribution in [0, 0.1) is 12.3 Å². The van der Waals surface area contributed by atoms with E-state index in [1.54, 1.807) is 0 Å². The Bertz CT molecular complexity index is 783. The summed E-state index contributed by atoms with van der Waals surface area (Å²) in [6.45, 7) is 15.4. The summed E-state index contributed by atoms with van der Waals surface area (Å²) in [6.07, 6.45) is 0.606. The number of likely N-dealkylation sites (N-methyl/N-ethyl adjacent to an activating group) is 1. The molecule has 30 heavy (non-hydrogen) atoms. The van der Waals surface area contributed by atoms with E-state index in [0.29, 0.717) is 17.6 Å². The van der Waals surface area contributed by atoms with Gasteiger partial charge in [0.2, 0.25) is 0 Å². The Labute approximate surface area is 184 Å². The Morgan fingerprint density at radius 3 is 2.00 bits per heavy atom. The Kier molecular flexibility index (Phi) is 7.76. The number of ether oxygens (including phenoxy) is 1. The molecule has 3 heteroatoms. The fourth-order valence-corrected chi connectivity index (χ4v) is 4.50. The number of benzene rings is 2. The molecule has 1 atom stereocenters. The lowest BCUT2D eigenvalue weighted by Crippen LogP contribution is -2.46. The monoisotopic (exact) mass is 412 g/mol. The first-order valence-corrected chi connectivity index (χ1v) is 11.0. The SMILES string of the molecule is Cc1ccc(C[N+](C)(C)CC(O)COc2ccc(C(C)(C)CC(C)(C)C)cc2)cc1. The average molecular weight is 413 g/mol. The van der Waals surface area contributed by atoms with Crippen LogP contribution in [0.25, 0.3) is 0 Å². The Hall–Kier alpha value is -1.84. The fourth-order valence-electron chi connectivity index (χ4n) is 4.50. The van der Waals surface area contributed by atoms with Gasteiger partial charge in [-0.15, -0.1) is 0 Å². The summed E-state index contributed by atoms with van der Waals surface area (Å²) in [5, 5.41) is 10.5. The molecule has 0 spiro atoms. The second kappa shape index (κ2) is 9.53. The molecule has 1 unspecified atom stereocenters. The van der Waals surface area contributed by atoms with Crippen molar-refractivity contribution in [2.24, 2.45) is 5.41 Å². The molecule has 0 heterocycles.